The fraction of sp³-hybridized carbons (Fsp3) is 0.867. The van der Waals surface area contributed by atoms with Crippen LogP contribution in [0.4, 0.5) is 0 Å². The first kappa shape index (κ1) is 17.8. The Morgan fingerprint density at radius 2 is 1.76 bits per heavy atom. The second-order valence-corrected chi connectivity index (χ2v) is 5.40. The van der Waals surface area contributed by atoms with Crippen LogP contribution in [0.25, 0.3) is 0 Å². The lowest BCUT2D eigenvalue weighted by atomic mass is 9.89. The molecule has 1 fully saturated rings. The summed E-state index contributed by atoms with van der Waals surface area (Å²) in [7, 11) is 3.44. The third-order valence-electron chi connectivity index (χ3n) is 3.73. The van der Waals surface area contributed by atoms with Crippen LogP contribution in [0, 0.1) is 5.92 Å². The molecule has 21 heavy (non-hydrogen) atoms. The molecule has 0 aromatic carbocycles. The number of nitrogens with one attached hydrogen (secondary N) is 3. The van der Waals surface area contributed by atoms with Gasteiger partial charge in [0.2, 0.25) is 5.91 Å². The minimum absolute atomic E-state index is 0.208. The van der Waals surface area contributed by atoms with Crippen LogP contribution in [0.2, 0.25) is 0 Å². The molecular formula is C15H30N4O2. The average Bonchev–Trinajstić information content (AvgIpc) is 2.54. The second kappa shape index (κ2) is 11.4. The summed E-state index contributed by atoms with van der Waals surface area (Å²) >= 11 is 0. The predicted molar refractivity (Wildman–Crippen MR) is 85.4 cm³/mol. The third kappa shape index (κ3) is 7.90. The smallest absolute Gasteiger partial charge is 0.223 e. The second-order valence-electron chi connectivity index (χ2n) is 5.40. The molecule has 0 bridgehead atoms. The number of methoxy groups -OCH3 is 1. The van der Waals surface area contributed by atoms with Gasteiger partial charge in [-0.2, -0.15) is 0 Å². The highest BCUT2D eigenvalue weighted by Gasteiger charge is 2.20. The van der Waals surface area contributed by atoms with Gasteiger partial charge < -0.3 is 20.7 Å². The molecule has 122 valence electrons. The summed E-state index contributed by atoms with van der Waals surface area (Å²) in [6.07, 6.45) is 6.68. The lowest BCUT2D eigenvalue weighted by Crippen LogP contribution is -2.43. The fourth-order valence-electron chi connectivity index (χ4n) is 2.52. The number of ether oxygens (including phenoxy) is 1. The van der Waals surface area contributed by atoms with Crippen molar-refractivity contribution in [3.63, 3.8) is 0 Å². The highest BCUT2D eigenvalue weighted by Crippen LogP contribution is 2.23. The summed E-state index contributed by atoms with van der Waals surface area (Å²) < 4.78 is 4.99. The van der Waals surface area contributed by atoms with Gasteiger partial charge >= 0.3 is 0 Å². The number of amides is 1. The number of nitrogens with zero attached hydrogens (tertiary/aromatic N) is 1. The number of hydrogen-bond acceptors (Lipinski definition) is 3. The molecule has 0 atom stereocenters. The molecule has 0 radical (unpaired) electrons. The first-order chi connectivity index (χ1) is 10.3. The van der Waals surface area contributed by atoms with Crippen molar-refractivity contribution in [2.75, 3.05) is 40.4 Å². The van der Waals surface area contributed by atoms with Crippen molar-refractivity contribution in [3.8, 4) is 0 Å². The zero-order valence-electron chi connectivity index (χ0n) is 13.4. The fourth-order valence-corrected chi connectivity index (χ4v) is 2.52. The van der Waals surface area contributed by atoms with Crippen molar-refractivity contribution in [1.82, 2.24) is 16.0 Å². The number of rotatable bonds is 8. The Bertz CT molecular complexity index is 315. The molecule has 6 nitrogen and oxygen atoms in total. The SMILES string of the molecule is CN=C(NCCCOC)NCCNC(=O)C1CCCCC1. The summed E-state index contributed by atoms with van der Waals surface area (Å²) in [4.78, 5) is 16.1. The van der Waals surface area contributed by atoms with Gasteiger partial charge in [-0.25, -0.2) is 0 Å². The van der Waals surface area contributed by atoms with Gasteiger partial charge in [-0.1, -0.05) is 19.3 Å². The zero-order valence-corrected chi connectivity index (χ0v) is 13.4. The van der Waals surface area contributed by atoms with Crippen molar-refractivity contribution in [1.29, 1.82) is 0 Å². The topological polar surface area (TPSA) is 74.8 Å². The number of carbonyl (C=O) groups is 1. The van der Waals surface area contributed by atoms with E-state index >= 15 is 0 Å². The first-order valence-electron chi connectivity index (χ1n) is 7.99. The molecule has 0 aliphatic heterocycles. The Kier molecular flexibility index (Phi) is 9.61. The molecule has 0 saturated heterocycles. The predicted octanol–water partition coefficient (Wildman–Crippen LogP) is 0.884. The van der Waals surface area contributed by atoms with Crippen LogP contribution in [0.5, 0.6) is 0 Å². The molecule has 0 unspecified atom stereocenters. The molecule has 6 heteroatoms. The van der Waals surface area contributed by atoms with E-state index in [2.05, 4.69) is 20.9 Å². The van der Waals surface area contributed by atoms with Crippen molar-refractivity contribution < 1.29 is 9.53 Å². The Labute approximate surface area is 128 Å². The maximum Gasteiger partial charge on any atom is 0.223 e. The summed E-state index contributed by atoms with van der Waals surface area (Å²) in [6, 6.07) is 0. The van der Waals surface area contributed by atoms with Crippen LogP contribution in [0.3, 0.4) is 0 Å². The largest absolute Gasteiger partial charge is 0.385 e. The van der Waals surface area contributed by atoms with Crippen LogP contribution in [0.15, 0.2) is 4.99 Å². The van der Waals surface area contributed by atoms with E-state index in [-0.39, 0.29) is 11.8 Å². The Morgan fingerprint density at radius 1 is 1.10 bits per heavy atom. The standard InChI is InChI=1S/C15H30N4O2/c1-16-15(18-9-6-12-21-2)19-11-10-17-14(20)13-7-4-3-5-8-13/h13H,3-12H2,1-2H3,(H,17,20)(H2,16,18,19). The molecule has 0 spiro atoms. The molecule has 0 aromatic rings. The van der Waals surface area contributed by atoms with Gasteiger partial charge in [0.1, 0.15) is 0 Å². The normalized spacial score (nSPS) is 16.6. The van der Waals surface area contributed by atoms with Gasteiger partial charge in [0, 0.05) is 46.3 Å². The van der Waals surface area contributed by atoms with Gasteiger partial charge in [0.05, 0.1) is 0 Å². The molecule has 1 aliphatic carbocycles. The lowest BCUT2D eigenvalue weighted by molar-refractivity contribution is -0.125. The summed E-state index contributed by atoms with van der Waals surface area (Å²) in [5.74, 6) is 1.20. The molecule has 1 rings (SSSR count). The van der Waals surface area contributed by atoms with E-state index in [9.17, 15) is 4.79 Å². The number of guanidine groups is 1. The van der Waals surface area contributed by atoms with E-state index in [1.54, 1.807) is 14.2 Å². The number of carbonyl (C=O) groups excluding carboxylic acids is 1. The minimum Gasteiger partial charge on any atom is -0.385 e. The lowest BCUT2D eigenvalue weighted by Gasteiger charge is -2.21. The summed E-state index contributed by atoms with van der Waals surface area (Å²) in [5.41, 5.74) is 0. The van der Waals surface area contributed by atoms with E-state index in [4.69, 9.17) is 4.74 Å². The van der Waals surface area contributed by atoms with Gasteiger partial charge in [-0.15, -0.1) is 0 Å². The highest BCUT2D eigenvalue weighted by atomic mass is 16.5. The molecule has 3 N–H and O–H groups in total. The quantitative estimate of drug-likeness (QED) is 0.353. The van der Waals surface area contributed by atoms with Crippen LogP contribution in [-0.2, 0) is 9.53 Å². The molecular weight excluding hydrogens is 268 g/mol. The summed E-state index contributed by atoms with van der Waals surface area (Å²) in [6.45, 7) is 2.87. The number of aliphatic imine (C=N–C) groups is 1. The van der Waals surface area contributed by atoms with Crippen molar-refractivity contribution in [2.24, 2.45) is 10.9 Å². The minimum atomic E-state index is 0.208. The van der Waals surface area contributed by atoms with Crippen LogP contribution >= 0.6 is 0 Å². The maximum atomic E-state index is 12.0. The molecule has 0 aromatic heterocycles. The molecule has 0 heterocycles. The van der Waals surface area contributed by atoms with Crippen molar-refractivity contribution in [2.45, 2.75) is 38.5 Å². The van der Waals surface area contributed by atoms with E-state index in [0.717, 1.165) is 38.4 Å². The molecule has 1 saturated carbocycles. The molecule has 1 amide bonds. The third-order valence-corrected chi connectivity index (χ3v) is 3.73. The monoisotopic (exact) mass is 298 g/mol. The molecule has 1 aliphatic rings. The maximum absolute atomic E-state index is 12.0. The van der Waals surface area contributed by atoms with Gasteiger partial charge in [0.15, 0.2) is 5.96 Å². The first-order valence-corrected chi connectivity index (χ1v) is 7.99. The Hall–Kier alpha value is -1.30. The zero-order chi connectivity index (χ0) is 15.3. The highest BCUT2D eigenvalue weighted by molar-refractivity contribution is 5.80. The van der Waals surface area contributed by atoms with E-state index < -0.39 is 0 Å². The van der Waals surface area contributed by atoms with E-state index in [1.165, 1.54) is 19.3 Å². The summed E-state index contributed by atoms with van der Waals surface area (Å²) in [5, 5.41) is 9.39. The Morgan fingerprint density at radius 3 is 2.43 bits per heavy atom. The number of hydrogen-bond donors (Lipinski definition) is 3. The van der Waals surface area contributed by atoms with Crippen LogP contribution in [-0.4, -0.2) is 52.3 Å². The van der Waals surface area contributed by atoms with Gasteiger partial charge in [-0.05, 0) is 19.3 Å². The van der Waals surface area contributed by atoms with Crippen molar-refractivity contribution >= 4 is 11.9 Å². The Balaban J connectivity index is 2.07. The van der Waals surface area contributed by atoms with E-state index in [1.807, 2.05) is 0 Å². The van der Waals surface area contributed by atoms with Crippen LogP contribution in [0.1, 0.15) is 38.5 Å². The van der Waals surface area contributed by atoms with Crippen molar-refractivity contribution in [3.05, 3.63) is 0 Å². The van der Waals surface area contributed by atoms with Crippen LogP contribution < -0.4 is 16.0 Å². The van der Waals surface area contributed by atoms with E-state index in [0.29, 0.717) is 13.1 Å². The average molecular weight is 298 g/mol. The van der Waals surface area contributed by atoms with Gasteiger partial charge in [-0.3, -0.25) is 9.79 Å². The van der Waals surface area contributed by atoms with Gasteiger partial charge in [0.25, 0.3) is 0 Å².